The lowest BCUT2D eigenvalue weighted by Gasteiger charge is -2.40. The van der Waals surface area contributed by atoms with E-state index in [2.05, 4.69) is 0 Å². The van der Waals surface area contributed by atoms with Gasteiger partial charge >= 0.3 is 0 Å². The maximum absolute atomic E-state index is 10.5. The Hall–Kier alpha value is -2.94. The SMILES string of the molecule is Oc1ccc2c(c1)OC(c1ccccc1)(c1ccccc1O)CC2. The second-order valence-corrected chi connectivity index (χ2v) is 6.10. The Kier molecular flexibility index (Phi) is 3.42. The van der Waals surface area contributed by atoms with Gasteiger partial charge in [0.25, 0.3) is 0 Å². The molecule has 1 heterocycles. The van der Waals surface area contributed by atoms with Crippen LogP contribution in [0.15, 0.2) is 72.8 Å². The first-order valence-corrected chi connectivity index (χ1v) is 8.04. The van der Waals surface area contributed by atoms with E-state index in [1.807, 2.05) is 48.5 Å². The molecule has 3 aromatic carbocycles. The van der Waals surface area contributed by atoms with Crippen molar-refractivity contribution in [2.45, 2.75) is 18.4 Å². The normalized spacial score (nSPS) is 19.3. The fourth-order valence-corrected chi connectivity index (χ4v) is 3.47. The number of phenolic OH excluding ortho intramolecular Hbond substituents is 2. The lowest BCUT2D eigenvalue weighted by Crippen LogP contribution is -2.38. The number of hydrogen-bond acceptors (Lipinski definition) is 3. The Morgan fingerprint density at radius 3 is 2.38 bits per heavy atom. The van der Waals surface area contributed by atoms with Crippen molar-refractivity contribution < 1.29 is 14.9 Å². The Labute approximate surface area is 140 Å². The largest absolute Gasteiger partial charge is 0.508 e. The van der Waals surface area contributed by atoms with E-state index in [4.69, 9.17) is 4.74 Å². The van der Waals surface area contributed by atoms with Gasteiger partial charge in [0, 0.05) is 23.6 Å². The van der Waals surface area contributed by atoms with E-state index < -0.39 is 5.60 Å². The Bertz CT molecular complexity index is 873. The Balaban J connectivity index is 1.92. The molecule has 1 unspecified atom stereocenters. The number of ether oxygens (including phenoxy) is 1. The standard InChI is InChI=1S/C21H18O3/c22-17-11-10-15-12-13-21(24-20(15)14-17,16-6-2-1-3-7-16)18-8-4-5-9-19(18)23/h1-11,14,22-23H,12-13H2. The van der Waals surface area contributed by atoms with Crippen molar-refractivity contribution in [3.05, 3.63) is 89.5 Å². The van der Waals surface area contributed by atoms with Gasteiger partial charge in [0.15, 0.2) is 5.60 Å². The van der Waals surface area contributed by atoms with E-state index in [9.17, 15) is 10.2 Å². The summed E-state index contributed by atoms with van der Waals surface area (Å²) in [6.45, 7) is 0. The molecule has 3 aromatic rings. The van der Waals surface area contributed by atoms with Gasteiger partial charge < -0.3 is 14.9 Å². The topological polar surface area (TPSA) is 49.7 Å². The van der Waals surface area contributed by atoms with Crippen LogP contribution < -0.4 is 4.74 Å². The smallest absolute Gasteiger partial charge is 0.163 e. The van der Waals surface area contributed by atoms with Gasteiger partial charge in [-0.15, -0.1) is 0 Å². The van der Waals surface area contributed by atoms with E-state index in [0.717, 1.165) is 23.1 Å². The third-order valence-electron chi connectivity index (χ3n) is 4.66. The molecular weight excluding hydrogens is 300 g/mol. The highest BCUT2D eigenvalue weighted by atomic mass is 16.5. The van der Waals surface area contributed by atoms with Crippen LogP contribution in [0.1, 0.15) is 23.1 Å². The first-order valence-electron chi connectivity index (χ1n) is 8.04. The highest BCUT2D eigenvalue weighted by Crippen LogP contribution is 2.47. The highest BCUT2D eigenvalue weighted by molar-refractivity contribution is 5.50. The van der Waals surface area contributed by atoms with Crippen LogP contribution in [0.3, 0.4) is 0 Å². The predicted molar refractivity (Wildman–Crippen MR) is 92.4 cm³/mol. The third-order valence-corrected chi connectivity index (χ3v) is 4.66. The van der Waals surface area contributed by atoms with Crippen molar-refractivity contribution in [1.29, 1.82) is 0 Å². The van der Waals surface area contributed by atoms with E-state index >= 15 is 0 Å². The summed E-state index contributed by atoms with van der Waals surface area (Å²) in [7, 11) is 0. The summed E-state index contributed by atoms with van der Waals surface area (Å²) < 4.78 is 6.43. The number of fused-ring (bicyclic) bond motifs is 1. The van der Waals surface area contributed by atoms with E-state index in [1.165, 1.54) is 0 Å². The molecule has 1 atom stereocenters. The summed E-state index contributed by atoms with van der Waals surface area (Å²) in [5.41, 5.74) is 2.02. The monoisotopic (exact) mass is 318 g/mol. The molecule has 0 amide bonds. The van der Waals surface area contributed by atoms with Gasteiger partial charge in [-0.05, 0) is 24.1 Å². The van der Waals surface area contributed by atoms with Crippen LogP contribution in [0.4, 0.5) is 0 Å². The van der Waals surface area contributed by atoms with Gasteiger partial charge in [-0.2, -0.15) is 0 Å². The third kappa shape index (κ3) is 2.29. The van der Waals surface area contributed by atoms with Crippen LogP contribution in [0.25, 0.3) is 0 Å². The molecule has 3 heteroatoms. The molecule has 3 nitrogen and oxygen atoms in total. The van der Waals surface area contributed by atoms with Gasteiger partial charge in [0.2, 0.25) is 0 Å². The van der Waals surface area contributed by atoms with Gasteiger partial charge in [-0.25, -0.2) is 0 Å². The van der Waals surface area contributed by atoms with Gasteiger partial charge in [-0.3, -0.25) is 0 Å². The molecule has 120 valence electrons. The fraction of sp³-hybridized carbons (Fsp3) is 0.143. The number of aromatic hydroxyl groups is 2. The van der Waals surface area contributed by atoms with Crippen molar-refractivity contribution in [2.75, 3.05) is 0 Å². The zero-order valence-electron chi connectivity index (χ0n) is 13.1. The number of rotatable bonds is 2. The maximum Gasteiger partial charge on any atom is 0.163 e. The molecule has 0 saturated carbocycles. The molecule has 0 fully saturated rings. The van der Waals surface area contributed by atoms with Crippen LogP contribution in [0.2, 0.25) is 0 Å². The Morgan fingerprint density at radius 2 is 1.58 bits per heavy atom. The van der Waals surface area contributed by atoms with Crippen molar-refractivity contribution in [1.82, 2.24) is 0 Å². The molecular formula is C21H18O3. The molecule has 0 aromatic heterocycles. The quantitative estimate of drug-likeness (QED) is 0.738. The minimum absolute atomic E-state index is 0.176. The van der Waals surface area contributed by atoms with E-state index in [0.29, 0.717) is 12.2 Å². The van der Waals surface area contributed by atoms with Crippen LogP contribution >= 0.6 is 0 Å². The van der Waals surface area contributed by atoms with E-state index in [-0.39, 0.29) is 11.5 Å². The van der Waals surface area contributed by atoms with Crippen molar-refractivity contribution in [3.8, 4) is 17.2 Å². The zero-order valence-corrected chi connectivity index (χ0v) is 13.1. The molecule has 0 spiro atoms. The van der Waals surface area contributed by atoms with Gasteiger partial charge in [0.1, 0.15) is 17.2 Å². The second kappa shape index (κ2) is 5.60. The molecule has 0 aliphatic carbocycles. The number of hydrogen-bond donors (Lipinski definition) is 2. The zero-order chi connectivity index (χ0) is 16.6. The first-order chi connectivity index (χ1) is 11.7. The molecule has 0 bridgehead atoms. The minimum atomic E-state index is -0.770. The summed E-state index contributed by atoms with van der Waals surface area (Å²) in [5.74, 6) is 1.05. The maximum atomic E-state index is 10.5. The van der Waals surface area contributed by atoms with E-state index in [1.54, 1.807) is 24.3 Å². The molecule has 1 aliphatic heterocycles. The summed E-state index contributed by atoms with van der Waals surface area (Å²) >= 11 is 0. The summed E-state index contributed by atoms with van der Waals surface area (Å²) in [6, 6.07) is 22.4. The first kappa shape index (κ1) is 14.6. The Morgan fingerprint density at radius 1 is 0.833 bits per heavy atom. The van der Waals surface area contributed by atoms with Gasteiger partial charge in [-0.1, -0.05) is 54.6 Å². The van der Waals surface area contributed by atoms with Crippen LogP contribution in [0, 0.1) is 0 Å². The van der Waals surface area contributed by atoms with Crippen molar-refractivity contribution >= 4 is 0 Å². The number of para-hydroxylation sites is 1. The predicted octanol–water partition coefficient (Wildman–Crippen LogP) is 4.37. The fourth-order valence-electron chi connectivity index (χ4n) is 3.47. The number of phenols is 2. The van der Waals surface area contributed by atoms with Gasteiger partial charge in [0.05, 0.1) is 0 Å². The number of benzene rings is 3. The second-order valence-electron chi connectivity index (χ2n) is 6.10. The highest BCUT2D eigenvalue weighted by Gasteiger charge is 2.41. The summed E-state index contributed by atoms with van der Waals surface area (Å²) in [5, 5.41) is 20.3. The lowest BCUT2D eigenvalue weighted by atomic mass is 9.79. The lowest BCUT2D eigenvalue weighted by molar-refractivity contribution is 0.0820. The van der Waals surface area contributed by atoms with Crippen molar-refractivity contribution in [2.24, 2.45) is 0 Å². The van der Waals surface area contributed by atoms with Crippen LogP contribution in [0.5, 0.6) is 17.2 Å². The molecule has 4 rings (SSSR count). The average Bonchev–Trinajstić information content (AvgIpc) is 2.62. The molecule has 2 N–H and O–H groups in total. The molecule has 0 radical (unpaired) electrons. The molecule has 1 aliphatic rings. The summed E-state index contributed by atoms with van der Waals surface area (Å²) in [4.78, 5) is 0. The van der Waals surface area contributed by atoms with Crippen molar-refractivity contribution in [3.63, 3.8) is 0 Å². The van der Waals surface area contributed by atoms with Crippen LogP contribution in [-0.4, -0.2) is 10.2 Å². The molecule has 24 heavy (non-hydrogen) atoms. The molecule has 0 saturated heterocycles. The average molecular weight is 318 g/mol. The minimum Gasteiger partial charge on any atom is -0.508 e. The number of aryl methyl sites for hydroxylation is 1. The van der Waals surface area contributed by atoms with Crippen LogP contribution in [-0.2, 0) is 12.0 Å². The summed E-state index contributed by atoms with van der Waals surface area (Å²) in [6.07, 6.45) is 1.52.